The second-order valence-electron chi connectivity index (χ2n) is 5.54. The van der Waals surface area contributed by atoms with Crippen LogP contribution in [0, 0.1) is 6.92 Å². The lowest BCUT2D eigenvalue weighted by molar-refractivity contribution is -0.122. The molecule has 2 aromatic rings. The molecule has 0 fully saturated rings. The fourth-order valence-corrected chi connectivity index (χ4v) is 2.20. The first-order chi connectivity index (χ1) is 11.4. The maximum atomic E-state index is 12.4. The molecule has 5 nitrogen and oxygen atoms in total. The number of methoxy groups -OCH3 is 1. The number of nitrogens with one attached hydrogen (secondary N) is 1. The van der Waals surface area contributed by atoms with E-state index in [1.54, 1.807) is 44.4 Å². The van der Waals surface area contributed by atoms with Gasteiger partial charge in [0.05, 0.1) is 12.8 Å². The van der Waals surface area contributed by atoms with Crippen LogP contribution < -0.4 is 14.8 Å². The predicted molar refractivity (Wildman–Crippen MR) is 92.9 cm³/mol. The van der Waals surface area contributed by atoms with E-state index in [0.29, 0.717) is 22.7 Å². The van der Waals surface area contributed by atoms with Gasteiger partial charge in [-0.2, -0.15) is 0 Å². The second kappa shape index (κ2) is 7.64. The topological polar surface area (TPSA) is 64.6 Å². The Hall–Kier alpha value is -2.82. The number of hydrogen-bond acceptors (Lipinski definition) is 4. The van der Waals surface area contributed by atoms with Crippen molar-refractivity contribution in [3.05, 3.63) is 53.6 Å². The van der Waals surface area contributed by atoms with Crippen LogP contribution in [0.15, 0.2) is 42.5 Å². The summed E-state index contributed by atoms with van der Waals surface area (Å²) in [5, 5.41) is 2.80. The third-order valence-corrected chi connectivity index (χ3v) is 3.54. The van der Waals surface area contributed by atoms with E-state index in [9.17, 15) is 9.59 Å². The van der Waals surface area contributed by atoms with E-state index in [2.05, 4.69) is 5.32 Å². The quantitative estimate of drug-likeness (QED) is 0.823. The van der Waals surface area contributed by atoms with Crippen molar-refractivity contribution in [2.75, 3.05) is 12.4 Å². The number of carbonyl (C=O) groups excluding carboxylic acids is 2. The average molecular weight is 327 g/mol. The van der Waals surface area contributed by atoms with Crippen LogP contribution in [0.1, 0.15) is 29.8 Å². The third-order valence-electron chi connectivity index (χ3n) is 3.54. The van der Waals surface area contributed by atoms with Gasteiger partial charge in [0.15, 0.2) is 11.9 Å². The van der Waals surface area contributed by atoms with Crippen molar-refractivity contribution in [2.24, 2.45) is 0 Å². The number of ether oxygens (including phenoxy) is 2. The van der Waals surface area contributed by atoms with E-state index in [-0.39, 0.29) is 11.7 Å². The molecule has 0 radical (unpaired) electrons. The zero-order chi connectivity index (χ0) is 17.7. The van der Waals surface area contributed by atoms with Crippen molar-refractivity contribution in [2.45, 2.75) is 26.9 Å². The van der Waals surface area contributed by atoms with E-state index in [4.69, 9.17) is 9.47 Å². The minimum Gasteiger partial charge on any atom is -0.495 e. The molecule has 0 heterocycles. The Morgan fingerprint density at radius 3 is 2.54 bits per heavy atom. The van der Waals surface area contributed by atoms with E-state index < -0.39 is 6.10 Å². The van der Waals surface area contributed by atoms with Gasteiger partial charge in [0.25, 0.3) is 5.91 Å². The van der Waals surface area contributed by atoms with Crippen molar-refractivity contribution in [3.63, 3.8) is 0 Å². The fourth-order valence-electron chi connectivity index (χ4n) is 2.20. The monoisotopic (exact) mass is 327 g/mol. The van der Waals surface area contributed by atoms with Crippen LogP contribution in [0.4, 0.5) is 5.69 Å². The molecule has 0 aliphatic heterocycles. The lowest BCUT2D eigenvalue weighted by Crippen LogP contribution is -2.30. The summed E-state index contributed by atoms with van der Waals surface area (Å²) in [5.41, 5.74) is 2.14. The number of anilines is 1. The van der Waals surface area contributed by atoms with Gasteiger partial charge < -0.3 is 14.8 Å². The zero-order valence-corrected chi connectivity index (χ0v) is 14.3. The number of ketones is 1. The van der Waals surface area contributed by atoms with Crippen LogP contribution >= 0.6 is 0 Å². The van der Waals surface area contributed by atoms with E-state index >= 15 is 0 Å². The number of Topliss-reactive ketones (excluding diaryl/α,β-unsaturated/α-hetero) is 1. The summed E-state index contributed by atoms with van der Waals surface area (Å²) in [6, 6.07) is 12.3. The van der Waals surface area contributed by atoms with Gasteiger partial charge in [-0.25, -0.2) is 0 Å². The molecule has 5 heteroatoms. The highest BCUT2D eigenvalue weighted by Crippen LogP contribution is 2.25. The van der Waals surface area contributed by atoms with Crippen molar-refractivity contribution in [1.29, 1.82) is 0 Å². The molecule has 2 rings (SSSR count). The highest BCUT2D eigenvalue weighted by molar-refractivity contribution is 5.96. The van der Waals surface area contributed by atoms with Crippen LogP contribution in [0.25, 0.3) is 0 Å². The molecule has 0 aliphatic rings. The molecule has 0 aromatic heterocycles. The van der Waals surface area contributed by atoms with Gasteiger partial charge >= 0.3 is 0 Å². The van der Waals surface area contributed by atoms with Gasteiger partial charge in [-0.3, -0.25) is 9.59 Å². The number of carbonyl (C=O) groups is 2. The van der Waals surface area contributed by atoms with Crippen molar-refractivity contribution in [1.82, 2.24) is 0 Å². The van der Waals surface area contributed by atoms with E-state index in [0.717, 1.165) is 5.56 Å². The van der Waals surface area contributed by atoms with Crippen molar-refractivity contribution < 1.29 is 19.1 Å². The highest BCUT2D eigenvalue weighted by Gasteiger charge is 2.17. The molecule has 0 saturated heterocycles. The van der Waals surface area contributed by atoms with Gasteiger partial charge in [0, 0.05) is 5.56 Å². The number of rotatable bonds is 6. The minimum atomic E-state index is -0.725. The summed E-state index contributed by atoms with van der Waals surface area (Å²) in [4.78, 5) is 23.8. The van der Waals surface area contributed by atoms with E-state index in [1.165, 1.54) is 6.92 Å². The molecule has 24 heavy (non-hydrogen) atoms. The highest BCUT2D eigenvalue weighted by atomic mass is 16.5. The van der Waals surface area contributed by atoms with Gasteiger partial charge in [0.1, 0.15) is 11.5 Å². The largest absolute Gasteiger partial charge is 0.495 e. The van der Waals surface area contributed by atoms with Crippen molar-refractivity contribution in [3.8, 4) is 11.5 Å². The molecular formula is C19H21NO4. The molecule has 1 N–H and O–H groups in total. The molecular weight excluding hydrogens is 306 g/mol. The Morgan fingerprint density at radius 2 is 1.88 bits per heavy atom. The molecule has 0 bridgehead atoms. The normalized spacial score (nSPS) is 11.5. The Bertz CT molecular complexity index is 755. The van der Waals surface area contributed by atoms with Crippen LogP contribution in [0.3, 0.4) is 0 Å². The molecule has 0 saturated carbocycles. The predicted octanol–water partition coefficient (Wildman–Crippen LogP) is 3.61. The van der Waals surface area contributed by atoms with Gasteiger partial charge in [-0.05, 0) is 50.6 Å². The Kier molecular flexibility index (Phi) is 5.58. The number of hydrogen-bond donors (Lipinski definition) is 1. The standard InChI is InChI=1S/C19H21NO4/c1-12-8-9-18(23-4)17(10-12)20-19(22)14(3)24-16-7-5-6-15(11-16)13(2)21/h5-11,14H,1-4H3,(H,20,22). The third kappa shape index (κ3) is 4.35. The molecule has 1 atom stereocenters. The van der Waals surface area contributed by atoms with E-state index in [1.807, 2.05) is 19.1 Å². The summed E-state index contributed by atoms with van der Waals surface area (Å²) >= 11 is 0. The lowest BCUT2D eigenvalue weighted by Gasteiger charge is -2.16. The van der Waals surface area contributed by atoms with Crippen LogP contribution in [-0.2, 0) is 4.79 Å². The van der Waals surface area contributed by atoms with Crippen LogP contribution in [0.5, 0.6) is 11.5 Å². The molecule has 126 valence electrons. The average Bonchev–Trinajstić information content (AvgIpc) is 2.55. The number of amides is 1. The smallest absolute Gasteiger partial charge is 0.265 e. The molecule has 0 spiro atoms. The fraction of sp³-hybridized carbons (Fsp3) is 0.263. The maximum Gasteiger partial charge on any atom is 0.265 e. The van der Waals surface area contributed by atoms with Crippen LogP contribution in [0.2, 0.25) is 0 Å². The summed E-state index contributed by atoms with van der Waals surface area (Å²) in [7, 11) is 1.55. The molecule has 2 aromatic carbocycles. The Balaban J connectivity index is 2.09. The summed E-state index contributed by atoms with van der Waals surface area (Å²) in [5.74, 6) is 0.704. The maximum absolute atomic E-state index is 12.4. The molecule has 1 amide bonds. The first-order valence-electron chi connectivity index (χ1n) is 7.64. The van der Waals surface area contributed by atoms with Crippen molar-refractivity contribution >= 4 is 17.4 Å². The first-order valence-corrected chi connectivity index (χ1v) is 7.64. The lowest BCUT2D eigenvalue weighted by atomic mass is 10.1. The SMILES string of the molecule is COc1ccc(C)cc1NC(=O)C(C)Oc1cccc(C(C)=O)c1. The first kappa shape index (κ1) is 17.5. The summed E-state index contributed by atoms with van der Waals surface area (Å²) in [6.45, 7) is 5.07. The second-order valence-corrected chi connectivity index (χ2v) is 5.54. The van der Waals surface area contributed by atoms with Gasteiger partial charge in [0.2, 0.25) is 0 Å². The molecule has 0 aliphatic carbocycles. The zero-order valence-electron chi connectivity index (χ0n) is 14.3. The van der Waals surface area contributed by atoms with Gasteiger partial charge in [-0.15, -0.1) is 0 Å². The number of benzene rings is 2. The number of aryl methyl sites for hydroxylation is 1. The molecule has 1 unspecified atom stereocenters. The summed E-state index contributed by atoms with van der Waals surface area (Å²) in [6.07, 6.45) is -0.725. The minimum absolute atomic E-state index is 0.0537. The Labute approximate surface area is 141 Å². The van der Waals surface area contributed by atoms with Crippen LogP contribution in [-0.4, -0.2) is 24.9 Å². The van der Waals surface area contributed by atoms with Gasteiger partial charge in [-0.1, -0.05) is 18.2 Å². The summed E-state index contributed by atoms with van der Waals surface area (Å²) < 4.78 is 10.9. The Morgan fingerprint density at radius 1 is 1.12 bits per heavy atom.